The lowest BCUT2D eigenvalue weighted by molar-refractivity contribution is -0.145. The van der Waals surface area contributed by atoms with Gasteiger partial charge in [0.15, 0.2) is 6.10 Å². The van der Waals surface area contributed by atoms with Crippen molar-refractivity contribution in [3.8, 4) is 5.75 Å². The van der Waals surface area contributed by atoms with Crippen LogP contribution in [0.2, 0.25) is 5.02 Å². The number of carboxylic acids is 1. The van der Waals surface area contributed by atoms with Crippen LogP contribution in [0.15, 0.2) is 18.2 Å². The molecule has 0 aliphatic rings. The number of rotatable bonds is 5. The van der Waals surface area contributed by atoms with E-state index < -0.39 is 12.1 Å². The van der Waals surface area contributed by atoms with Crippen LogP contribution in [-0.2, 0) is 4.79 Å². The molecule has 1 rings (SSSR count). The summed E-state index contributed by atoms with van der Waals surface area (Å²) >= 11 is 5.83. The quantitative estimate of drug-likeness (QED) is 0.862. The molecule has 0 aliphatic carbocycles. The molecule has 1 N–H and O–H groups in total. The van der Waals surface area contributed by atoms with Gasteiger partial charge in [0.1, 0.15) is 5.75 Å². The largest absolute Gasteiger partial charge is 0.479 e. The highest BCUT2D eigenvalue weighted by atomic mass is 35.5. The molecule has 1 aromatic rings. The fourth-order valence-electron chi connectivity index (χ4n) is 1.35. The van der Waals surface area contributed by atoms with E-state index in [1.165, 1.54) is 0 Å². The average Bonchev–Trinajstić information content (AvgIpc) is 2.22. The predicted octanol–water partition coefficient (Wildman–Crippen LogP) is 3.28. The summed E-state index contributed by atoms with van der Waals surface area (Å²) in [5.74, 6) is -0.408. The number of hydrogen-bond donors (Lipinski definition) is 1. The van der Waals surface area contributed by atoms with Gasteiger partial charge in [0, 0.05) is 5.02 Å². The monoisotopic (exact) mass is 242 g/mol. The Hall–Kier alpha value is -1.22. The molecule has 0 saturated heterocycles. The summed E-state index contributed by atoms with van der Waals surface area (Å²) in [5.41, 5.74) is 0.881. The molecular formula is C12H15ClO3. The van der Waals surface area contributed by atoms with Gasteiger partial charge in [-0.05, 0) is 31.0 Å². The minimum Gasteiger partial charge on any atom is -0.479 e. The van der Waals surface area contributed by atoms with Crippen LogP contribution in [0, 0.1) is 6.92 Å². The van der Waals surface area contributed by atoms with Crippen LogP contribution < -0.4 is 4.74 Å². The van der Waals surface area contributed by atoms with Gasteiger partial charge in [-0.1, -0.05) is 31.0 Å². The number of carbonyl (C=O) groups is 1. The summed E-state index contributed by atoms with van der Waals surface area (Å²) in [6, 6.07) is 5.20. The molecule has 16 heavy (non-hydrogen) atoms. The normalized spacial score (nSPS) is 12.2. The molecule has 0 radical (unpaired) electrons. The molecule has 0 saturated carbocycles. The SMILES string of the molecule is CCCC(Oc1cc(Cl)ccc1C)C(=O)O. The lowest BCUT2D eigenvalue weighted by Gasteiger charge is -2.16. The van der Waals surface area contributed by atoms with Crippen molar-refractivity contribution in [2.24, 2.45) is 0 Å². The second-order valence-electron chi connectivity index (χ2n) is 3.64. The molecule has 0 spiro atoms. The molecule has 0 bridgehead atoms. The Morgan fingerprint density at radius 1 is 1.56 bits per heavy atom. The maximum atomic E-state index is 10.9. The van der Waals surface area contributed by atoms with Crippen molar-refractivity contribution in [2.75, 3.05) is 0 Å². The first-order chi connectivity index (χ1) is 7.54. The molecule has 88 valence electrons. The molecule has 0 heterocycles. The van der Waals surface area contributed by atoms with E-state index in [9.17, 15) is 4.79 Å². The van der Waals surface area contributed by atoms with Gasteiger partial charge in [0.2, 0.25) is 0 Å². The first kappa shape index (κ1) is 12.8. The Bertz CT molecular complexity index is 377. The average molecular weight is 243 g/mol. The summed E-state index contributed by atoms with van der Waals surface area (Å²) in [4.78, 5) is 10.9. The number of ether oxygens (including phenoxy) is 1. The molecule has 0 aromatic heterocycles. The minimum atomic E-state index is -0.943. The Kier molecular flexibility index (Phi) is 4.62. The van der Waals surface area contributed by atoms with Gasteiger partial charge in [0.05, 0.1) is 0 Å². The Morgan fingerprint density at radius 2 is 2.25 bits per heavy atom. The van der Waals surface area contributed by atoms with Crippen LogP contribution in [0.4, 0.5) is 0 Å². The first-order valence-corrected chi connectivity index (χ1v) is 5.58. The van der Waals surface area contributed by atoms with Crippen LogP contribution >= 0.6 is 11.6 Å². The van der Waals surface area contributed by atoms with Crippen LogP contribution in [0.3, 0.4) is 0 Å². The second-order valence-corrected chi connectivity index (χ2v) is 4.08. The van der Waals surface area contributed by atoms with Crippen LogP contribution in [0.5, 0.6) is 5.75 Å². The Morgan fingerprint density at radius 3 is 2.81 bits per heavy atom. The van der Waals surface area contributed by atoms with Crippen molar-refractivity contribution < 1.29 is 14.6 Å². The summed E-state index contributed by atoms with van der Waals surface area (Å²) in [7, 11) is 0. The zero-order valence-electron chi connectivity index (χ0n) is 9.37. The summed E-state index contributed by atoms with van der Waals surface area (Å²) in [6.45, 7) is 3.78. The fourth-order valence-corrected chi connectivity index (χ4v) is 1.51. The first-order valence-electron chi connectivity index (χ1n) is 5.20. The molecule has 0 fully saturated rings. The zero-order valence-corrected chi connectivity index (χ0v) is 10.1. The molecule has 1 aromatic carbocycles. The lowest BCUT2D eigenvalue weighted by Crippen LogP contribution is -2.26. The maximum absolute atomic E-state index is 10.9. The van der Waals surface area contributed by atoms with E-state index in [-0.39, 0.29) is 0 Å². The van der Waals surface area contributed by atoms with Gasteiger partial charge >= 0.3 is 5.97 Å². The van der Waals surface area contributed by atoms with E-state index in [0.717, 1.165) is 12.0 Å². The number of aryl methyl sites for hydroxylation is 1. The Balaban J connectivity index is 2.84. The highest BCUT2D eigenvalue weighted by molar-refractivity contribution is 6.30. The van der Waals surface area contributed by atoms with Crippen molar-refractivity contribution in [1.82, 2.24) is 0 Å². The third kappa shape index (κ3) is 3.42. The third-order valence-corrected chi connectivity index (χ3v) is 2.48. The number of hydrogen-bond acceptors (Lipinski definition) is 2. The van der Waals surface area contributed by atoms with Crippen molar-refractivity contribution in [2.45, 2.75) is 32.8 Å². The van der Waals surface area contributed by atoms with E-state index in [0.29, 0.717) is 17.2 Å². The predicted molar refractivity (Wildman–Crippen MR) is 63.1 cm³/mol. The number of benzene rings is 1. The molecule has 0 amide bonds. The highest BCUT2D eigenvalue weighted by Crippen LogP contribution is 2.24. The van der Waals surface area contributed by atoms with Crippen LogP contribution in [-0.4, -0.2) is 17.2 Å². The van der Waals surface area contributed by atoms with E-state index in [1.54, 1.807) is 12.1 Å². The van der Waals surface area contributed by atoms with Gasteiger partial charge in [-0.25, -0.2) is 4.79 Å². The molecule has 4 heteroatoms. The second kappa shape index (κ2) is 5.75. The fraction of sp³-hybridized carbons (Fsp3) is 0.417. The lowest BCUT2D eigenvalue weighted by atomic mass is 10.2. The van der Waals surface area contributed by atoms with Crippen molar-refractivity contribution in [3.63, 3.8) is 0 Å². The number of halogens is 1. The van der Waals surface area contributed by atoms with E-state index in [1.807, 2.05) is 19.9 Å². The standard InChI is InChI=1S/C12H15ClO3/c1-3-4-10(12(14)15)16-11-7-9(13)6-5-8(11)2/h5-7,10H,3-4H2,1-2H3,(H,14,15). The van der Waals surface area contributed by atoms with Crippen molar-refractivity contribution >= 4 is 17.6 Å². The minimum absolute atomic E-state index is 0.487. The number of carboxylic acid groups (broad SMARTS) is 1. The summed E-state index contributed by atoms with van der Waals surface area (Å²) in [6.07, 6.45) is 0.444. The molecule has 0 aliphatic heterocycles. The van der Waals surface area contributed by atoms with E-state index in [4.69, 9.17) is 21.4 Å². The molecular weight excluding hydrogens is 228 g/mol. The van der Waals surface area contributed by atoms with Crippen LogP contribution in [0.1, 0.15) is 25.3 Å². The van der Waals surface area contributed by atoms with Crippen molar-refractivity contribution in [3.05, 3.63) is 28.8 Å². The third-order valence-electron chi connectivity index (χ3n) is 2.25. The van der Waals surface area contributed by atoms with Gasteiger partial charge in [-0.15, -0.1) is 0 Å². The van der Waals surface area contributed by atoms with Gasteiger partial charge in [0.25, 0.3) is 0 Å². The summed E-state index contributed by atoms with van der Waals surface area (Å²) in [5, 5.41) is 9.51. The van der Waals surface area contributed by atoms with Crippen LogP contribution in [0.25, 0.3) is 0 Å². The summed E-state index contributed by atoms with van der Waals surface area (Å²) < 4.78 is 5.44. The van der Waals surface area contributed by atoms with Gasteiger partial charge < -0.3 is 9.84 Å². The van der Waals surface area contributed by atoms with Gasteiger partial charge in [-0.2, -0.15) is 0 Å². The highest BCUT2D eigenvalue weighted by Gasteiger charge is 2.18. The molecule has 1 atom stereocenters. The Labute approximate surface area is 100.0 Å². The molecule has 3 nitrogen and oxygen atoms in total. The topological polar surface area (TPSA) is 46.5 Å². The van der Waals surface area contributed by atoms with Crippen molar-refractivity contribution in [1.29, 1.82) is 0 Å². The smallest absolute Gasteiger partial charge is 0.344 e. The maximum Gasteiger partial charge on any atom is 0.344 e. The van der Waals surface area contributed by atoms with E-state index in [2.05, 4.69) is 0 Å². The van der Waals surface area contributed by atoms with Gasteiger partial charge in [-0.3, -0.25) is 0 Å². The zero-order chi connectivity index (χ0) is 12.1. The number of aliphatic carboxylic acids is 1. The van der Waals surface area contributed by atoms with E-state index >= 15 is 0 Å². The molecule has 1 unspecified atom stereocenters.